The average Bonchev–Trinajstić information content (AvgIpc) is 3.15. The molecule has 0 radical (unpaired) electrons. The molecular formula is C13H18N4O2S. The molecule has 108 valence electrons. The zero-order valence-corrected chi connectivity index (χ0v) is 12.2. The second-order valence-electron chi connectivity index (χ2n) is 5.28. The largest absolute Gasteiger partial charge is 0.359 e. The standard InChI is InChI=1S/C13H18N4O2S/c1-8-11(18)14-5-2-6-17(8)12(19)10-7-20-13(16-10)15-9-3-4-9/h7-9H,2-6H2,1H3,(H,14,18)(H,15,16)/t8-/m0/s1. The van der Waals surface area contributed by atoms with E-state index < -0.39 is 6.04 Å². The molecule has 1 aromatic rings. The summed E-state index contributed by atoms with van der Waals surface area (Å²) in [5, 5.41) is 8.65. The molecule has 2 amide bonds. The molecule has 0 aromatic carbocycles. The number of hydrogen-bond acceptors (Lipinski definition) is 5. The van der Waals surface area contributed by atoms with E-state index in [0.29, 0.717) is 24.8 Å². The molecular weight excluding hydrogens is 276 g/mol. The van der Waals surface area contributed by atoms with Crippen LogP contribution in [0.2, 0.25) is 0 Å². The van der Waals surface area contributed by atoms with Crippen LogP contribution in [0.15, 0.2) is 5.38 Å². The van der Waals surface area contributed by atoms with Gasteiger partial charge in [0.05, 0.1) is 0 Å². The number of nitrogens with one attached hydrogen (secondary N) is 2. The summed E-state index contributed by atoms with van der Waals surface area (Å²) in [7, 11) is 0. The van der Waals surface area contributed by atoms with Crippen LogP contribution < -0.4 is 10.6 Å². The second-order valence-corrected chi connectivity index (χ2v) is 6.13. The average molecular weight is 294 g/mol. The summed E-state index contributed by atoms with van der Waals surface area (Å²) in [6.45, 7) is 2.97. The third-order valence-corrected chi connectivity index (χ3v) is 4.38. The van der Waals surface area contributed by atoms with Gasteiger partial charge in [0.15, 0.2) is 5.13 Å². The smallest absolute Gasteiger partial charge is 0.274 e. The van der Waals surface area contributed by atoms with Gasteiger partial charge in [-0.25, -0.2) is 4.98 Å². The molecule has 0 unspecified atom stereocenters. The lowest BCUT2D eigenvalue weighted by atomic mass is 10.2. The Bertz CT molecular complexity index is 526. The van der Waals surface area contributed by atoms with Crippen LogP contribution in [-0.2, 0) is 4.79 Å². The van der Waals surface area contributed by atoms with E-state index >= 15 is 0 Å². The van der Waals surface area contributed by atoms with Gasteiger partial charge in [-0.05, 0) is 26.2 Å². The van der Waals surface area contributed by atoms with Gasteiger partial charge in [0.2, 0.25) is 5.91 Å². The summed E-state index contributed by atoms with van der Waals surface area (Å²) in [5.74, 6) is -0.253. The van der Waals surface area contributed by atoms with Crippen LogP contribution in [0.5, 0.6) is 0 Å². The van der Waals surface area contributed by atoms with Crippen molar-refractivity contribution in [1.82, 2.24) is 15.2 Å². The predicted molar refractivity (Wildman–Crippen MR) is 76.9 cm³/mol. The molecule has 0 bridgehead atoms. The lowest BCUT2D eigenvalue weighted by Gasteiger charge is -2.24. The molecule has 2 N–H and O–H groups in total. The number of anilines is 1. The van der Waals surface area contributed by atoms with Gasteiger partial charge in [0.25, 0.3) is 5.91 Å². The van der Waals surface area contributed by atoms with E-state index in [4.69, 9.17) is 0 Å². The first-order chi connectivity index (χ1) is 9.65. The van der Waals surface area contributed by atoms with E-state index in [0.717, 1.165) is 11.6 Å². The van der Waals surface area contributed by atoms with Crippen molar-refractivity contribution in [3.8, 4) is 0 Å². The predicted octanol–water partition coefficient (Wildman–Crippen LogP) is 1.07. The molecule has 0 spiro atoms. The molecule has 2 fully saturated rings. The highest BCUT2D eigenvalue weighted by Crippen LogP contribution is 2.27. The van der Waals surface area contributed by atoms with Crippen LogP contribution >= 0.6 is 11.3 Å². The van der Waals surface area contributed by atoms with Crippen molar-refractivity contribution in [1.29, 1.82) is 0 Å². The SMILES string of the molecule is C[C@H]1C(=O)NCCCN1C(=O)c1csc(NC2CC2)n1. The molecule has 1 aliphatic heterocycles. The number of carbonyl (C=O) groups excluding carboxylic acids is 2. The van der Waals surface area contributed by atoms with Crippen molar-refractivity contribution < 1.29 is 9.59 Å². The van der Waals surface area contributed by atoms with Crippen molar-refractivity contribution in [3.63, 3.8) is 0 Å². The van der Waals surface area contributed by atoms with Gasteiger partial charge < -0.3 is 15.5 Å². The molecule has 2 aliphatic rings. The summed E-state index contributed by atoms with van der Waals surface area (Å²) >= 11 is 1.45. The number of hydrogen-bond donors (Lipinski definition) is 2. The number of thiazole rings is 1. The maximum atomic E-state index is 12.5. The van der Waals surface area contributed by atoms with Gasteiger partial charge in [-0.1, -0.05) is 0 Å². The van der Waals surface area contributed by atoms with Crippen molar-refractivity contribution >= 4 is 28.3 Å². The molecule has 1 saturated heterocycles. The Labute approximate surface area is 121 Å². The number of amides is 2. The molecule has 1 aliphatic carbocycles. The monoisotopic (exact) mass is 294 g/mol. The number of rotatable bonds is 3. The highest BCUT2D eigenvalue weighted by molar-refractivity contribution is 7.13. The summed E-state index contributed by atoms with van der Waals surface area (Å²) in [6.07, 6.45) is 3.12. The minimum Gasteiger partial charge on any atom is -0.359 e. The maximum absolute atomic E-state index is 12.5. The van der Waals surface area contributed by atoms with E-state index in [1.807, 2.05) is 0 Å². The molecule has 1 atom stereocenters. The Hall–Kier alpha value is -1.63. The van der Waals surface area contributed by atoms with E-state index in [-0.39, 0.29) is 11.8 Å². The van der Waals surface area contributed by atoms with Gasteiger partial charge in [-0.15, -0.1) is 11.3 Å². The molecule has 1 saturated carbocycles. The van der Waals surface area contributed by atoms with Crippen LogP contribution in [-0.4, -0.2) is 46.9 Å². The molecule has 3 rings (SSSR count). The topological polar surface area (TPSA) is 74.3 Å². The van der Waals surface area contributed by atoms with E-state index in [1.54, 1.807) is 17.2 Å². The molecule has 20 heavy (non-hydrogen) atoms. The summed E-state index contributed by atoms with van der Waals surface area (Å²) < 4.78 is 0. The van der Waals surface area contributed by atoms with Crippen molar-refractivity contribution in [2.75, 3.05) is 18.4 Å². The van der Waals surface area contributed by atoms with E-state index in [2.05, 4.69) is 15.6 Å². The van der Waals surface area contributed by atoms with Crippen LogP contribution in [0.1, 0.15) is 36.7 Å². The fraction of sp³-hybridized carbons (Fsp3) is 0.615. The van der Waals surface area contributed by atoms with E-state index in [1.165, 1.54) is 24.2 Å². The summed E-state index contributed by atoms with van der Waals surface area (Å²) in [5.41, 5.74) is 0.430. The second kappa shape index (κ2) is 5.40. The first-order valence-electron chi connectivity index (χ1n) is 6.96. The Morgan fingerprint density at radius 2 is 2.35 bits per heavy atom. The highest BCUT2D eigenvalue weighted by atomic mass is 32.1. The fourth-order valence-electron chi connectivity index (χ4n) is 2.21. The third-order valence-electron chi connectivity index (χ3n) is 3.61. The fourth-order valence-corrected chi connectivity index (χ4v) is 2.97. The molecule has 2 heterocycles. The van der Waals surface area contributed by atoms with Gasteiger partial charge in [-0.2, -0.15) is 0 Å². The summed E-state index contributed by atoms with van der Waals surface area (Å²) in [6, 6.07) is 0.0820. The number of aromatic nitrogens is 1. The zero-order chi connectivity index (χ0) is 14.1. The van der Waals surface area contributed by atoms with Gasteiger partial charge in [0.1, 0.15) is 11.7 Å². The summed E-state index contributed by atoms with van der Waals surface area (Å²) in [4.78, 5) is 30.2. The van der Waals surface area contributed by atoms with Crippen LogP contribution in [0.4, 0.5) is 5.13 Å². The molecule has 7 heteroatoms. The van der Waals surface area contributed by atoms with Gasteiger partial charge in [0, 0.05) is 24.5 Å². The maximum Gasteiger partial charge on any atom is 0.274 e. The van der Waals surface area contributed by atoms with E-state index in [9.17, 15) is 9.59 Å². The van der Waals surface area contributed by atoms with Crippen LogP contribution in [0.3, 0.4) is 0 Å². The Morgan fingerprint density at radius 1 is 1.55 bits per heavy atom. The lowest BCUT2D eigenvalue weighted by Crippen LogP contribution is -2.45. The minimum absolute atomic E-state index is 0.0950. The third kappa shape index (κ3) is 2.77. The first kappa shape index (κ1) is 13.4. The quantitative estimate of drug-likeness (QED) is 0.874. The van der Waals surface area contributed by atoms with Crippen LogP contribution in [0.25, 0.3) is 0 Å². The van der Waals surface area contributed by atoms with Gasteiger partial charge >= 0.3 is 0 Å². The Morgan fingerprint density at radius 3 is 3.10 bits per heavy atom. The number of carbonyl (C=O) groups is 2. The zero-order valence-electron chi connectivity index (χ0n) is 11.4. The Kier molecular flexibility index (Phi) is 3.60. The van der Waals surface area contributed by atoms with Gasteiger partial charge in [-0.3, -0.25) is 9.59 Å². The van der Waals surface area contributed by atoms with Crippen molar-refractivity contribution in [2.45, 2.75) is 38.3 Å². The number of nitrogens with zero attached hydrogens (tertiary/aromatic N) is 2. The normalized spacial score (nSPS) is 23.1. The van der Waals surface area contributed by atoms with Crippen molar-refractivity contribution in [3.05, 3.63) is 11.1 Å². The first-order valence-corrected chi connectivity index (χ1v) is 7.84. The highest BCUT2D eigenvalue weighted by Gasteiger charge is 2.30. The Balaban J connectivity index is 1.72. The lowest BCUT2D eigenvalue weighted by molar-refractivity contribution is -0.124. The molecule has 6 nitrogen and oxygen atoms in total. The van der Waals surface area contributed by atoms with Crippen LogP contribution in [0, 0.1) is 0 Å². The minimum atomic E-state index is -0.438. The molecule has 1 aromatic heterocycles. The van der Waals surface area contributed by atoms with Crippen molar-refractivity contribution in [2.24, 2.45) is 0 Å².